The molecule has 1 aliphatic heterocycles. The topological polar surface area (TPSA) is 78.5 Å². The van der Waals surface area contributed by atoms with Gasteiger partial charge in [-0.15, -0.1) is 0 Å². The van der Waals surface area contributed by atoms with Gasteiger partial charge in [0.15, 0.2) is 0 Å². The molecule has 6 heteroatoms. The maximum absolute atomic E-state index is 12.3. The smallest absolute Gasteiger partial charge is 0.251 e. The standard InChI is InChI=1S/C24H29N3O3/c1-17-7-8-19(18(2)15-17)5-3-13-25-22(28)16-26-24(30)20-9-11-21(12-10-20)27-14-4-6-23(27)29/h7-12,15H,3-6,13-14,16H2,1-2H3,(H,25,28)(H,26,30). The fraction of sp³-hybridized carbons (Fsp3) is 0.375. The van der Waals surface area contributed by atoms with Crippen LogP contribution in [0.25, 0.3) is 0 Å². The van der Waals surface area contributed by atoms with Crippen LogP contribution in [0.5, 0.6) is 0 Å². The second-order valence-electron chi connectivity index (χ2n) is 7.76. The Hall–Kier alpha value is -3.15. The lowest BCUT2D eigenvalue weighted by atomic mass is 10.0. The number of rotatable bonds is 8. The fourth-order valence-corrected chi connectivity index (χ4v) is 3.67. The Balaban J connectivity index is 1.38. The van der Waals surface area contributed by atoms with Crippen LogP contribution in [0.2, 0.25) is 0 Å². The Labute approximate surface area is 177 Å². The van der Waals surface area contributed by atoms with Gasteiger partial charge in [0.2, 0.25) is 11.8 Å². The molecule has 1 heterocycles. The molecule has 0 atom stereocenters. The molecule has 3 amide bonds. The molecule has 0 unspecified atom stereocenters. The molecule has 0 aliphatic carbocycles. The van der Waals surface area contributed by atoms with Crippen LogP contribution < -0.4 is 15.5 Å². The third-order valence-corrected chi connectivity index (χ3v) is 5.37. The minimum Gasteiger partial charge on any atom is -0.355 e. The third kappa shape index (κ3) is 5.69. The highest BCUT2D eigenvalue weighted by Crippen LogP contribution is 2.21. The van der Waals surface area contributed by atoms with Crippen molar-refractivity contribution in [1.82, 2.24) is 10.6 Å². The number of aryl methyl sites for hydroxylation is 3. The van der Waals surface area contributed by atoms with Crippen molar-refractivity contribution in [3.8, 4) is 0 Å². The first kappa shape index (κ1) is 21.6. The lowest BCUT2D eigenvalue weighted by Crippen LogP contribution is -2.37. The van der Waals surface area contributed by atoms with E-state index in [-0.39, 0.29) is 24.3 Å². The molecule has 3 rings (SSSR count). The van der Waals surface area contributed by atoms with Crippen molar-refractivity contribution in [3.63, 3.8) is 0 Å². The highest BCUT2D eigenvalue weighted by Gasteiger charge is 2.21. The van der Waals surface area contributed by atoms with Gasteiger partial charge in [-0.3, -0.25) is 14.4 Å². The summed E-state index contributed by atoms with van der Waals surface area (Å²) in [5.41, 5.74) is 5.08. The van der Waals surface area contributed by atoms with Crippen LogP contribution in [0.1, 0.15) is 46.3 Å². The van der Waals surface area contributed by atoms with E-state index in [1.54, 1.807) is 29.2 Å². The van der Waals surface area contributed by atoms with E-state index in [1.807, 2.05) is 0 Å². The number of benzene rings is 2. The Bertz CT molecular complexity index is 922. The molecule has 1 saturated heterocycles. The number of hydrogen-bond acceptors (Lipinski definition) is 3. The summed E-state index contributed by atoms with van der Waals surface area (Å²) in [6.07, 6.45) is 3.19. The zero-order chi connectivity index (χ0) is 21.5. The van der Waals surface area contributed by atoms with E-state index in [0.29, 0.717) is 25.1 Å². The molecule has 0 radical (unpaired) electrons. The largest absolute Gasteiger partial charge is 0.355 e. The molecular formula is C24H29N3O3. The SMILES string of the molecule is Cc1ccc(CCCNC(=O)CNC(=O)c2ccc(N3CCCC3=O)cc2)c(C)c1. The third-order valence-electron chi connectivity index (χ3n) is 5.37. The summed E-state index contributed by atoms with van der Waals surface area (Å²) in [6, 6.07) is 13.3. The second kappa shape index (κ2) is 10.1. The van der Waals surface area contributed by atoms with Gasteiger partial charge in [0.05, 0.1) is 6.54 Å². The Morgan fingerprint density at radius 3 is 2.47 bits per heavy atom. The summed E-state index contributed by atoms with van der Waals surface area (Å²) < 4.78 is 0. The first-order chi connectivity index (χ1) is 14.4. The highest BCUT2D eigenvalue weighted by atomic mass is 16.2. The number of amides is 3. The molecule has 1 aliphatic rings. The normalized spacial score (nSPS) is 13.4. The minimum absolute atomic E-state index is 0.0608. The van der Waals surface area contributed by atoms with E-state index in [0.717, 1.165) is 24.9 Å². The van der Waals surface area contributed by atoms with Crippen molar-refractivity contribution in [2.75, 3.05) is 24.5 Å². The van der Waals surface area contributed by atoms with Crippen molar-refractivity contribution in [1.29, 1.82) is 0 Å². The van der Waals surface area contributed by atoms with E-state index in [1.165, 1.54) is 16.7 Å². The summed E-state index contributed by atoms with van der Waals surface area (Å²) in [5, 5.41) is 5.48. The maximum Gasteiger partial charge on any atom is 0.251 e. The molecule has 1 fully saturated rings. The Morgan fingerprint density at radius 2 is 1.80 bits per heavy atom. The minimum atomic E-state index is -0.306. The summed E-state index contributed by atoms with van der Waals surface area (Å²) in [7, 11) is 0. The number of hydrogen-bond donors (Lipinski definition) is 2. The van der Waals surface area contributed by atoms with Crippen LogP contribution in [0.4, 0.5) is 5.69 Å². The number of anilines is 1. The number of carbonyl (C=O) groups is 3. The van der Waals surface area contributed by atoms with Crippen molar-refractivity contribution in [2.24, 2.45) is 0 Å². The molecule has 6 nitrogen and oxygen atoms in total. The number of nitrogens with one attached hydrogen (secondary N) is 2. The average molecular weight is 408 g/mol. The predicted octanol–water partition coefficient (Wildman–Crippen LogP) is 2.91. The van der Waals surface area contributed by atoms with Gasteiger partial charge >= 0.3 is 0 Å². The summed E-state index contributed by atoms with van der Waals surface area (Å²) in [6.45, 7) is 5.41. The number of nitrogens with zero attached hydrogens (tertiary/aromatic N) is 1. The lowest BCUT2D eigenvalue weighted by Gasteiger charge is -2.15. The van der Waals surface area contributed by atoms with Crippen molar-refractivity contribution in [2.45, 2.75) is 39.5 Å². The van der Waals surface area contributed by atoms with Gasteiger partial charge in [-0.25, -0.2) is 0 Å². The van der Waals surface area contributed by atoms with Gasteiger partial charge in [-0.05, 0) is 68.5 Å². The monoisotopic (exact) mass is 407 g/mol. The van der Waals surface area contributed by atoms with Crippen LogP contribution in [-0.4, -0.2) is 37.4 Å². The molecule has 0 saturated carbocycles. The average Bonchev–Trinajstić information content (AvgIpc) is 3.16. The molecular weight excluding hydrogens is 378 g/mol. The molecule has 2 N–H and O–H groups in total. The molecule has 30 heavy (non-hydrogen) atoms. The number of carbonyl (C=O) groups excluding carboxylic acids is 3. The van der Waals surface area contributed by atoms with Crippen molar-refractivity contribution >= 4 is 23.4 Å². The van der Waals surface area contributed by atoms with E-state index in [2.05, 4.69) is 42.7 Å². The van der Waals surface area contributed by atoms with Gasteiger partial charge in [0.25, 0.3) is 5.91 Å². The molecule has 0 spiro atoms. The molecule has 0 aromatic heterocycles. The first-order valence-corrected chi connectivity index (χ1v) is 10.5. The van der Waals surface area contributed by atoms with E-state index >= 15 is 0 Å². The van der Waals surface area contributed by atoms with Gasteiger partial charge in [-0.1, -0.05) is 23.8 Å². The van der Waals surface area contributed by atoms with Crippen LogP contribution in [-0.2, 0) is 16.0 Å². The van der Waals surface area contributed by atoms with Crippen molar-refractivity contribution in [3.05, 3.63) is 64.7 Å². The summed E-state index contributed by atoms with van der Waals surface area (Å²) in [5.74, 6) is -0.399. The van der Waals surface area contributed by atoms with Gasteiger partial charge in [-0.2, -0.15) is 0 Å². The summed E-state index contributed by atoms with van der Waals surface area (Å²) >= 11 is 0. The van der Waals surface area contributed by atoms with Gasteiger partial charge in [0.1, 0.15) is 0 Å². The van der Waals surface area contributed by atoms with Crippen LogP contribution in [0.3, 0.4) is 0 Å². The Kier molecular flexibility index (Phi) is 7.22. The summed E-state index contributed by atoms with van der Waals surface area (Å²) in [4.78, 5) is 37.8. The molecule has 2 aromatic carbocycles. The molecule has 158 valence electrons. The Morgan fingerprint density at radius 1 is 1.03 bits per heavy atom. The van der Waals surface area contributed by atoms with Crippen LogP contribution in [0.15, 0.2) is 42.5 Å². The first-order valence-electron chi connectivity index (χ1n) is 10.5. The zero-order valence-corrected chi connectivity index (χ0v) is 17.7. The highest BCUT2D eigenvalue weighted by molar-refractivity contribution is 5.98. The zero-order valence-electron chi connectivity index (χ0n) is 17.7. The quantitative estimate of drug-likeness (QED) is 0.661. The predicted molar refractivity (Wildman–Crippen MR) is 118 cm³/mol. The van der Waals surface area contributed by atoms with Crippen LogP contribution in [0, 0.1) is 13.8 Å². The van der Waals surface area contributed by atoms with E-state index in [9.17, 15) is 14.4 Å². The van der Waals surface area contributed by atoms with Gasteiger partial charge in [0, 0.05) is 30.8 Å². The maximum atomic E-state index is 12.3. The van der Waals surface area contributed by atoms with Crippen molar-refractivity contribution < 1.29 is 14.4 Å². The van der Waals surface area contributed by atoms with E-state index in [4.69, 9.17) is 0 Å². The molecule has 0 bridgehead atoms. The lowest BCUT2D eigenvalue weighted by molar-refractivity contribution is -0.120. The van der Waals surface area contributed by atoms with Crippen LogP contribution >= 0.6 is 0 Å². The second-order valence-corrected chi connectivity index (χ2v) is 7.76. The molecule has 2 aromatic rings. The van der Waals surface area contributed by atoms with Gasteiger partial charge < -0.3 is 15.5 Å². The fourth-order valence-electron chi connectivity index (χ4n) is 3.67. The van der Waals surface area contributed by atoms with E-state index < -0.39 is 0 Å².